The topological polar surface area (TPSA) is 28.3 Å². The molecular weight excluding hydrogens is 356 g/mol. The van der Waals surface area contributed by atoms with Gasteiger partial charge in [0.25, 0.3) is 0 Å². The van der Waals surface area contributed by atoms with E-state index in [1.807, 2.05) is 0 Å². The predicted molar refractivity (Wildman–Crippen MR) is 119 cm³/mol. The fourth-order valence-corrected chi connectivity index (χ4v) is 5.60. The zero-order valence-electron chi connectivity index (χ0n) is 17.9. The Kier molecular flexibility index (Phi) is 4.66. The highest BCUT2D eigenvalue weighted by molar-refractivity contribution is 5.88. The molecule has 2 heterocycles. The number of methoxy groups -OCH3 is 1. The Balaban J connectivity index is 1.52. The fourth-order valence-electron chi connectivity index (χ4n) is 5.60. The lowest BCUT2D eigenvalue weighted by Gasteiger charge is -2.52. The minimum atomic E-state index is 0.490. The molecule has 3 aromatic rings. The normalized spacial score (nSPS) is 21.4. The van der Waals surface area contributed by atoms with Gasteiger partial charge < -0.3 is 9.72 Å². The van der Waals surface area contributed by atoms with Crippen molar-refractivity contribution in [2.24, 2.45) is 5.41 Å². The highest BCUT2D eigenvalue weighted by atomic mass is 16.5. The number of nitrogens with zero attached hydrogens (tertiary/aromatic N) is 1. The summed E-state index contributed by atoms with van der Waals surface area (Å²) in [6.07, 6.45) is 8.92. The van der Waals surface area contributed by atoms with Crippen LogP contribution in [-0.2, 0) is 6.54 Å². The second kappa shape index (κ2) is 7.21. The van der Waals surface area contributed by atoms with E-state index in [1.165, 1.54) is 71.8 Å². The molecular formula is C26H32N2O. The molecule has 1 saturated heterocycles. The number of H-pyrrole nitrogens is 1. The van der Waals surface area contributed by atoms with Crippen LogP contribution in [0, 0.1) is 19.3 Å². The Morgan fingerprint density at radius 3 is 2.59 bits per heavy atom. The second-order valence-corrected chi connectivity index (χ2v) is 9.35. The van der Waals surface area contributed by atoms with Gasteiger partial charge in [-0.15, -0.1) is 0 Å². The first-order valence-corrected chi connectivity index (χ1v) is 11.0. The molecule has 3 heteroatoms. The molecule has 5 rings (SSSR count). The van der Waals surface area contributed by atoms with Crippen LogP contribution in [0.2, 0.25) is 0 Å². The third-order valence-electron chi connectivity index (χ3n) is 7.57. The predicted octanol–water partition coefficient (Wildman–Crippen LogP) is 6.30. The summed E-state index contributed by atoms with van der Waals surface area (Å²) >= 11 is 0. The summed E-state index contributed by atoms with van der Waals surface area (Å²) in [5.74, 6) is 1.01. The molecule has 1 aromatic heterocycles. The number of benzene rings is 2. The van der Waals surface area contributed by atoms with Crippen molar-refractivity contribution in [3.63, 3.8) is 0 Å². The van der Waals surface area contributed by atoms with E-state index in [1.54, 1.807) is 7.11 Å². The van der Waals surface area contributed by atoms with Gasteiger partial charge in [0.05, 0.1) is 7.11 Å². The number of hydrogen-bond donors (Lipinski definition) is 1. The van der Waals surface area contributed by atoms with Gasteiger partial charge in [-0.25, -0.2) is 0 Å². The fraction of sp³-hybridized carbons (Fsp3) is 0.462. The Morgan fingerprint density at radius 2 is 1.90 bits per heavy atom. The lowest BCUT2D eigenvalue weighted by Crippen LogP contribution is -2.45. The summed E-state index contributed by atoms with van der Waals surface area (Å²) in [5.41, 5.74) is 7.19. The van der Waals surface area contributed by atoms with E-state index >= 15 is 0 Å². The summed E-state index contributed by atoms with van der Waals surface area (Å²) in [7, 11) is 1.80. The van der Waals surface area contributed by atoms with Gasteiger partial charge in [0.1, 0.15) is 5.75 Å². The smallest absolute Gasteiger partial charge is 0.124 e. The third-order valence-corrected chi connectivity index (χ3v) is 7.57. The Morgan fingerprint density at radius 1 is 1.10 bits per heavy atom. The SMILES string of the molecule is COc1cc(C)c2[nH]ccc2c1CN1CCC2(CCC2)CC1c1ccc(C)cc1. The molecule has 1 saturated carbocycles. The zero-order chi connectivity index (χ0) is 20.0. The van der Waals surface area contributed by atoms with Gasteiger partial charge >= 0.3 is 0 Å². The number of nitrogens with one attached hydrogen (secondary N) is 1. The summed E-state index contributed by atoms with van der Waals surface area (Å²) in [4.78, 5) is 6.13. The van der Waals surface area contributed by atoms with E-state index < -0.39 is 0 Å². The van der Waals surface area contributed by atoms with Crippen molar-refractivity contribution in [3.8, 4) is 5.75 Å². The number of aromatic amines is 1. The van der Waals surface area contributed by atoms with Crippen LogP contribution in [0.15, 0.2) is 42.6 Å². The standard InChI is InChI=1S/C26H32N2O/c1-18-5-7-20(8-6-18)23-16-26(10-4-11-26)12-14-28(23)17-22-21-9-13-27-25(21)19(2)15-24(22)29-3/h5-9,13,15,23,27H,4,10-12,14,16-17H2,1-3H3. The van der Waals surface area contributed by atoms with Crippen molar-refractivity contribution in [1.29, 1.82) is 0 Å². The summed E-state index contributed by atoms with van der Waals surface area (Å²) in [6.45, 7) is 6.44. The number of fused-ring (bicyclic) bond motifs is 1. The number of likely N-dealkylation sites (tertiary alicyclic amines) is 1. The van der Waals surface area contributed by atoms with Crippen LogP contribution >= 0.6 is 0 Å². The van der Waals surface area contributed by atoms with E-state index in [9.17, 15) is 0 Å². The molecule has 1 aliphatic carbocycles. The number of aromatic nitrogens is 1. The highest BCUT2D eigenvalue weighted by Gasteiger charge is 2.44. The minimum Gasteiger partial charge on any atom is -0.496 e. The van der Waals surface area contributed by atoms with Crippen LogP contribution in [0.5, 0.6) is 5.75 Å². The van der Waals surface area contributed by atoms with E-state index in [0.29, 0.717) is 11.5 Å². The van der Waals surface area contributed by atoms with Crippen molar-refractivity contribution in [2.45, 2.75) is 58.5 Å². The Labute approximate surface area is 174 Å². The molecule has 29 heavy (non-hydrogen) atoms. The van der Waals surface area contributed by atoms with Crippen LogP contribution in [0.4, 0.5) is 0 Å². The van der Waals surface area contributed by atoms with Crippen molar-refractivity contribution >= 4 is 10.9 Å². The summed E-state index contributed by atoms with van der Waals surface area (Å²) in [6, 6.07) is 14.1. The molecule has 1 atom stereocenters. The lowest BCUT2D eigenvalue weighted by molar-refractivity contribution is -0.00976. The maximum atomic E-state index is 5.83. The third kappa shape index (κ3) is 3.26. The summed E-state index contributed by atoms with van der Waals surface area (Å²) in [5, 5.41) is 1.30. The molecule has 1 unspecified atom stereocenters. The van der Waals surface area contributed by atoms with Crippen LogP contribution in [0.3, 0.4) is 0 Å². The maximum absolute atomic E-state index is 5.83. The summed E-state index contributed by atoms with van der Waals surface area (Å²) < 4.78 is 5.83. The van der Waals surface area contributed by atoms with E-state index in [0.717, 1.165) is 12.3 Å². The van der Waals surface area contributed by atoms with Crippen molar-refractivity contribution in [1.82, 2.24) is 9.88 Å². The molecule has 1 N–H and O–H groups in total. The number of aryl methyl sites for hydroxylation is 2. The number of hydrogen-bond acceptors (Lipinski definition) is 2. The average molecular weight is 389 g/mol. The maximum Gasteiger partial charge on any atom is 0.124 e. The number of piperidine rings is 1. The minimum absolute atomic E-state index is 0.490. The molecule has 0 amide bonds. The molecule has 3 nitrogen and oxygen atoms in total. The average Bonchev–Trinajstić information content (AvgIpc) is 3.20. The molecule has 1 aliphatic heterocycles. The van der Waals surface area contributed by atoms with Crippen LogP contribution < -0.4 is 4.74 Å². The van der Waals surface area contributed by atoms with Gasteiger partial charge in [0, 0.05) is 35.2 Å². The van der Waals surface area contributed by atoms with Gasteiger partial charge in [0.2, 0.25) is 0 Å². The molecule has 2 aliphatic rings. The van der Waals surface area contributed by atoms with Crippen molar-refractivity contribution < 1.29 is 4.74 Å². The Hall–Kier alpha value is -2.26. The van der Waals surface area contributed by atoms with E-state index in [-0.39, 0.29) is 0 Å². The molecule has 0 bridgehead atoms. The number of rotatable bonds is 4. The monoisotopic (exact) mass is 388 g/mol. The van der Waals surface area contributed by atoms with Crippen LogP contribution in [0.25, 0.3) is 10.9 Å². The molecule has 152 valence electrons. The first-order chi connectivity index (χ1) is 14.1. The Bertz CT molecular complexity index is 1010. The highest BCUT2D eigenvalue weighted by Crippen LogP contribution is 2.54. The molecule has 2 fully saturated rings. The first kappa shape index (κ1) is 18.7. The second-order valence-electron chi connectivity index (χ2n) is 9.35. The molecule has 0 radical (unpaired) electrons. The lowest BCUT2D eigenvalue weighted by atomic mass is 9.61. The quantitative estimate of drug-likeness (QED) is 0.568. The van der Waals surface area contributed by atoms with Crippen LogP contribution in [0.1, 0.15) is 60.4 Å². The molecule has 1 spiro atoms. The van der Waals surface area contributed by atoms with Gasteiger partial charge in [-0.05, 0) is 74.8 Å². The van der Waals surface area contributed by atoms with Crippen molar-refractivity contribution in [2.75, 3.05) is 13.7 Å². The zero-order valence-corrected chi connectivity index (χ0v) is 17.9. The van der Waals surface area contributed by atoms with Crippen LogP contribution in [-0.4, -0.2) is 23.5 Å². The van der Waals surface area contributed by atoms with Gasteiger partial charge in [0.15, 0.2) is 0 Å². The van der Waals surface area contributed by atoms with Gasteiger partial charge in [-0.3, -0.25) is 4.90 Å². The van der Waals surface area contributed by atoms with E-state index in [4.69, 9.17) is 4.74 Å². The van der Waals surface area contributed by atoms with E-state index in [2.05, 4.69) is 66.3 Å². The van der Waals surface area contributed by atoms with Gasteiger partial charge in [-0.1, -0.05) is 36.2 Å². The first-order valence-electron chi connectivity index (χ1n) is 11.0. The molecule has 2 aromatic carbocycles. The van der Waals surface area contributed by atoms with Gasteiger partial charge in [-0.2, -0.15) is 0 Å². The largest absolute Gasteiger partial charge is 0.496 e. The van der Waals surface area contributed by atoms with Crippen molar-refractivity contribution in [3.05, 3.63) is 64.8 Å². The number of ether oxygens (including phenoxy) is 1.